The van der Waals surface area contributed by atoms with E-state index in [9.17, 15) is 4.79 Å². The fraction of sp³-hybridized carbons (Fsp3) is 0.360. The van der Waals surface area contributed by atoms with E-state index in [1.165, 1.54) is 0 Å². The number of aromatic nitrogens is 5. The number of hydrogen-bond donors (Lipinski definition) is 0. The average Bonchev–Trinajstić information content (AvgIpc) is 3.59. The lowest BCUT2D eigenvalue weighted by Crippen LogP contribution is -2.29. The van der Waals surface area contributed by atoms with Gasteiger partial charge >= 0.3 is 0 Å². The molecule has 0 bridgehead atoms. The molecule has 9 nitrogen and oxygen atoms in total. The summed E-state index contributed by atoms with van der Waals surface area (Å²) in [6.07, 6.45) is 7.63. The van der Waals surface area contributed by atoms with Crippen LogP contribution in [0.5, 0.6) is 0 Å². The Morgan fingerprint density at radius 3 is 2.76 bits per heavy atom. The molecule has 0 radical (unpaired) electrons. The molecule has 4 rings (SSSR count). The summed E-state index contributed by atoms with van der Waals surface area (Å²) in [6.45, 7) is 11.1. The number of nitrogens with zero attached hydrogens (tertiary/aromatic N) is 6. The highest BCUT2D eigenvalue weighted by Gasteiger charge is 2.18. The number of hydrogen-bond acceptors (Lipinski definition) is 6. The summed E-state index contributed by atoms with van der Waals surface area (Å²) in [5.74, 6) is 2.05. The fourth-order valence-corrected chi connectivity index (χ4v) is 3.98. The smallest absolute Gasteiger partial charge is 0.283 e. The zero-order chi connectivity index (χ0) is 24.2. The van der Waals surface area contributed by atoms with Crippen molar-refractivity contribution < 1.29 is 13.6 Å². The third-order valence-corrected chi connectivity index (χ3v) is 5.57. The lowest BCUT2D eigenvalue weighted by atomic mass is 10.2. The first-order valence-electron chi connectivity index (χ1n) is 11.4. The van der Waals surface area contributed by atoms with E-state index in [4.69, 9.17) is 8.83 Å². The van der Waals surface area contributed by atoms with E-state index >= 15 is 0 Å². The van der Waals surface area contributed by atoms with Gasteiger partial charge in [0.1, 0.15) is 5.82 Å². The summed E-state index contributed by atoms with van der Waals surface area (Å²) >= 11 is 0. The van der Waals surface area contributed by atoms with Crippen LogP contribution in [0.1, 0.15) is 56.1 Å². The Morgan fingerprint density at radius 2 is 2.06 bits per heavy atom. The average molecular weight is 463 g/mol. The SMILES string of the molecule is CCCN(Cc1nnc(-c2ccco2)o1)C(=O)/C=C/c1cc(C)n(-c2ccnn2C(C)C)c1C. The summed E-state index contributed by atoms with van der Waals surface area (Å²) < 4.78 is 15.1. The zero-order valence-electron chi connectivity index (χ0n) is 20.2. The van der Waals surface area contributed by atoms with Gasteiger partial charge in [-0.1, -0.05) is 6.92 Å². The molecule has 0 saturated carbocycles. The molecule has 4 heterocycles. The third kappa shape index (κ3) is 4.73. The number of amides is 1. The molecule has 1 amide bonds. The van der Waals surface area contributed by atoms with Gasteiger partial charge in [0.25, 0.3) is 5.89 Å². The van der Waals surface area contributed by atoms with E-state index in [2.05, 4.69) is 46.7 Å². The Balaban J connectivity index is 1.52. The predicted octanol–water partition coefficient (Wildman–Crippen LogP) is 4.97. The minimum Gasteiger partial charge on any atom is -0.459 e. The van der Waals surface area contributed by atoms with Crippen LogP contribution < -0.4 is 0 Å². The molecule has 0 unspecified atom stereocenters. The molecule has 9 heteroatoms. The summed E-state index contributed by atoms with van der Waals surface area (Å²) in [5.41, 5.74) is 3.11. The highest BCUT2D eigenvalue weighted by molar-refractivity contribution is 5.92. The summed E-state index contributed by atoms with van der Waals surface area (Å²) in [5, 5.41) is 12.5. The number of carbonyl (C=O) groups excluding carboxylic acids is 1. The van der Waals surface area contributed by atoms with Gasteiger partial charge in [-0.3, -0.25) is 4.79 Å². The van der Waals surface area contributed by atoms with Crippen molar-refractivity contribution in [3.05, 3.63) is 65.6 Å². The largest absolute Gasteiger partial charge is 0.459 e. The second-order valence-electron chi connectivity index (χ2n) is 8.46. The number of furan rings is 1. The van der Waals surface area contributed by atoms with Crippen molar-refractivity contribution in [2.45, 2.75) is 53.6 Å². The van der Waals surface area contributed by atoms with Gasteiger partial charge in [-0.2, -0.15) is 5.10 Å². The van der Waals surface area contributed by atoms with Crippen molar-refractivity contribution >= 4 is 12.0 Å². The van der Waals surface area contributed by atoms with Crippen LogP contribution in [0, 0.1) is 13.8 Å². The van der Waals surface area contributed by atoms with Crippen LogP contribution in [0.25, 0.3) is 23.5 Å². The first-order valence-corrected chi connectivity index (χ1v) is 11.4. The highest BCUT2D eigenvalue weighted by Crippen LogP contribution is 2.24. The normalized spacial score (nSPS) is 11.7. The quantitative estimate of drug-likeness (QED) is 0.326. The van der Waals surface area contributed by atoms with Gasteiger partial charge in [-0.15, -0.1) is 10.2 Å². The molecule has 0 aliphatic rings. The van der Waals surface area contributed by atoms with Crippen molar-refractivity contribution in [2.24, 2.45) is 0 Å². The Morgan fingerprint density at radius 1 is 1.24 bits per heavy atom. The minimum atomic E-state index is -0.114. The van der Waals surface area contributed by atoms with Crippen molar-refractivity contribution in [2.75, 3.05) is 6.54 Å². The van der Waals surface area contributed by atoms with E-state index < -0.39 is 0 Å². The van der Waals surface area contributed by atoms with Gasteiger partial charge in [0.05, 0.1) is 19.0 Å². The van der Waals surface area contributed by atoms with E-state index in [0.29, 0.717) is 24.1 Å². The van der Waals surface area contributed by atoms with E-state index in [-0.39, 0.29) is 18.5 Å². The van der Waals surface area contributed by atoms with Crippen molar-refractivity contribution in [3.63, 3.8) is 0 Å². The predicted molar refractivity (Wildman–Crippen MR) is 128 cm³/mol. The van der Waals surface area contributed by atoms with Crippen LogP contribution in [0.2, 0.25) is 0 Å². The minimum absolute atomic E-state index is 0.114. The van der Waals surface area contributed by atoms with Crippen LogP contribution in [0.4, 0.5) is 0 Å². The molecular weight excluding hydrogens is 432 g/mol. The Kier molecular flexibility index (Phi) is 6.81. The second kappa shape index (κ2) is 9.94. The molecule has 0 aliphatic heterocycles. The molecule has 4 aromatic rings. The van der Waals surface area contributed by atoms with E-state index in [1.807, 2.05) is 36.9 Å². The van der Waals surface area contributed by atoms with Gasteiger partial charge in [0, 0.05) is 36.1 Å². The van der Waals surface area contributed by atoms with Crippen molar-refractivity contribution in [1.82, 2.24) is 29.4 Å². The Labute approximate surface area is 198 Å². The summed E-state index contributed by atoms with van der Waals surface area (Å²) in [6, 6.07) is 7.83. The van der Waals surface area contributed by atoms with Crippen LogP contribution in [-0.4, -0.2) is 41.9 Å². The molecule has 0 saturated heterocycles. The van der Waals surface area contributed by atoms with Crippen LogP contribution in [0.15, 0.2) is 51.6 Å². The molecule has 0 fully saturated rings. The molecule has 0 aliphatic carbocycles. The zero-order valence-corrected chi connectivity index (χ0v) is 20.2. The molecule has 4 aromatic heterocycles. The maximum atomic E-state index is 13.0. The number of aryl methyl sites for hydroxylation is 1. The lowest BCUT2D eigenvalue weighted by Gasteiger charge is -2.18. The van der Waals surface area contributed by atoms with Gasteiger partial charge in [0.15, 0.2) is 5.76 Å². The van der Waals surface area contributed by atoms with Crippen molar-refractivity contribution in [3.8, 4) is 17.5 Å². The Hall–Kier alpha value is -3.88. The summed E-state index contributed by atoms with van der Waals surface area (Å²) in [7, 11) is 0. The second-order valence-corrected chi connectivity index (χ2v) is 8.46. The molecule has 0 N–H and O–H groups in total. The van der Waals surface area contributed by atoms with Crippen LogP contribution >= 0.6 is 0 Å². The molecule has 34 heavy (non-hydrogen) atoms. The molecule has 0 aromatic carbocycles. The van der Waals surface area contributed by atoms with Gasteiger partial charge in [0.2, 0.25) is 11.8 Å². The maximum absolute atomic E-state index is 13.0. The molecular formula is C25H30N6O3. The lowest BCUT2D eigenvalue weighted by molar-refractivity contribution is -0.126. The first kappa shape index (κ1) is 23.3. The van der Waals surface area contributed by atoms with Crippen molar-refractivity contribution in [1.29, 1.82) is 0 Å². The van der Waals surface area contributed by atoms with Crippen LogP contribution in [-0.2, 0) is 11.3 Å². The van der Waals surface area contributed by atoms with E-state index in [0.717, 1.165) is 29.2 Å². The van der Waals surface area contributed by atoms with Crippen LogP contribution in [0.3, 0.4) is 0 Å². The topological polar surface area (TPSA) is 95.1 Å². The number of rotatable bonds is 9. The standard InChI is InChI=1S/C25H30N6O3/c1-6-13-29(16-22-27-28-25(34-22)21-8-7-14-33-21)24(32)10-9-20-15-18(4)30(19(20)5)23-11-12-26-31(23)17(2)3/h7-12,14-15,17H,6,13,16H2,1-5H3/b10-9+. The fourth-order valence-electron chi connectivity index (χ4n) is 3.98. The highest BCUT2D eigenvalue weighted by atomic mass is 16.4. The first-order chi connectivity index (χ1) is 16.4. The maximum Gasteiger partial charge on any atom is 0.283 e. The Bertz CT molecular complexity index is 1280. The molecule has 0 atom stereocenters. The molecule has 0 spiro atoms. The third-order valence-electron chi connectivity index (χ3n) is 5.57. The summed E-state index contributed by atoms with van der Waals surface area (Å²) in [4.78, 5) is 14.7. The molecule has 178 valence electrons. The van der Waals surface area contributed by atoms with Gasteiger partial charge in [-0.05, 0) is 64.0 Å². The van der Waals surface area contributed by atoms with Gasteiger partial charge < -0.3 is 18.3 Å². The van der Waals surface area contributed by atoms with E-state index in [1.54, 1.807) is 29.4 Å². The monoisotopic (exact) mass is 462 g/mol. The van der Waals surface area contributed by atoms with Gasteiger partial charge in [-0.25, -0.2) is 4.68 Å². The number of carbonyl (C=O) groups is 1.